The molecule has 4 nitrogen and oxygen atoms in total. The minimum Gasteiger partial charge on any atom is -0.491 e. The van der Waals surface area contributed by atoms with Gasteiger partial charge in [0.2, 0.25) is 0 Å². The van der Waals surface area contributed by atoms with Crippen LogP contribution in [0, 0.1) is 11.8 Å². The fourth-order valence-corrected chi connectivity index (χ4v) is 2.19. The molecule has 24 heavy (non-hydrogen) atoms. The van der Waals surface area contributed by atoms with E-state index in [1.54, 1.807) is 0 Å². The largest absolute Gasteiger partial charge is 0.491 e. The van der Waals surface area contributed by atoms with Gasteiger partial charge in [0.05, 0.1) is 6.10 Å². The number of aryl methyl sites for hydroxylation is 1. The topological polar surface area (TPSA) is 66.8 Å². The summed E-state index contributed by atoms with van der Waals surface area (Å²) in [6.45, 7) is 2.40. The van der Waals surface area contributed by atoms with Crippen LogP contribution in [0.2, 0.25) is 0 Å². The quantitative estimate of drug-likeness (QED) is 0.478. The zero-order valence-electron chi connectivity index (χ0n) is 14.5. The van der Waals surface area contributed by atoms with Crippen LogP contribution < -0.4 is 4.74 Å². The number of benzene rings is 1. The first kappa shape index (κ1) is 20.1. The fraction of sp³-hybridized carbons (Fsp3) is 0.550. The lowest BCUT2D eigenvalue weighted by atomic mass is 10.1. The van der Waals surface area contributed by atoms with Crippen LogP contribution in [0.4, 0.5) is 0 Å². The van der Waals surface area contributed by atoms with E-state index in [-0.39, 0.29) is 13.0 Å². The normalized spacial score (nSPS) is 11.4. The summed E-state index contributed by atoms with van der Waals surface area (Å²) < 4.78 is 5.56. The van der Waals surface area contributed by atoms with Gasteiger partial charge >= 0.3 is 5.97 Å². The molecule has 0 aliphatic carbocycles. The summed E-state index contributed by atoms with van der Waals surface area (Å²) in [6.07, 6.45) is 5.69. The minimum absolute atomic E-state index is 0.134. The van der Waals surface area contributed by atoms with Crippen molar-refractivity contribution in [1.29, 1.82) is 0 Å². The Morgan fingerprint density at radius 1 is 1.17 bits per heavy atom. The predicted octanol–water partition coefficient (Wildman–Crippen LogP) is 3.81. The molecule has 0 radical (unpaired) electrons. The van der Waals surface area contributed by atoms with E-state index in [0.717, 1.165) is 12.2 Å². The Bertz CT molecular complexity index is 525. The van der Waals surface area contributed by atoms with E-state index in [0.29, 0.717) is 19.3 Å². The first-order valence-corrected chi connectivity index (χ1v) is 8.69. The summed E-state index contributed by atoms with van der Waals surface area (Å²) in [7, 11) is 0. The van der Waals surface area contributed by atoms with Crippen molar-refractivity contribution in [2.24, 2.45) is 0 Å². The van der Waals surface area contributed by atoms with E-state index in [2.05, 4.69) is 30.9 Å². The fourth-order valence-electron chi connectivity index (χ4n) is 2.19. The van der Waals surface area contributed by atoms with E-state index in [4.69, 9.17) is 9.84 Å². The molecule has 0 aliphatic heterocycles. The summed E-state index contributed by atoms with van der Waals surface area (Å²) in [5, 5.41) is 18.3. The Kier molecular flexibility index (Phi) is 10.4. The number of carbonyl (C=O) groups is 1. The predicted molar refractivity (Wildman–Crippen MR) is 95.1 cm³/mol. The molecule has 0 bridgehead atoms. The van der Waals surface area contributed by atoms with Crippen LogP contribution in [-0.2, 0) is 11.2 Å². The third-order valence-electron chi connectivity index (χ3n) is 3.59. The van der Waals surface area contributed by atoms with Gasteiger partial charge in [0.1, 0.15) is 12.4 Å². The van der Waals surface area contributed by atoms with E-state index in [1.807, 2.05) is 12.1 Å². The minimum atomic E-state index is -0.804. The number of hydrogen-bond donors (Lipinski definition) is 2. The molecule has 0 amide bonds. The van der Waals surface area contributed by atoms with Crippen LogP contribution in [0.3, 0.4) is 0 Å². The molecule has 0 heterocycles. The molecule has 0 fully saturated rings. The van der Waals surface area contributed by atoms with Gasteiger partial charge < -0.3 is 14.9 Å². The maximum Gasteiger partial charge on any atom is 0.303 e. The van der Waals surface area contributed by atoms with E-state index >= 15 is 0 Å². The zero-order chi connectivity index (χ0) is 17.6. The Hall–Kier alpha value is -1.99. The van der Waals surface area contributed by atoms with Gasteiger partial charge in [-0.05, 0) is 37.0 Å². The van der Waals surface area contributed by atoms with Crippen molar-refractivity contribution >= 4 is 5.97 Å². The van der Waals surface area contributed by atoms with Gasteiger partial charge in [-0.3, -0.25) is 4.79 Å². The first-order chi connectivity index (χ1) is 11.6. The third-order valence-corrected chi connectivity index (χ3v) is 3.59. The first-order valence-electron chi connectivity index (χ1n) is 8.69. The Balaban J connectivity index is 2.20. The van der Waals surface area contributed by atoms with Crippen LogP contribution in [0.15, 0.2) is 24.3 Å². The van der Waals surface area contributed by atoms with Crippen molar-refractivity contribution in [2.45, 2.75) is 64.4 Å². The van der Waals surface area contributed by atoms with Gasteiger partial charge in [0, 0.05) is 19.3 Å². The van der Waals surface area contributed by atoms with Crippen molar-refractivity contribution in [3.05, 3.63) is 29.8 Å². The lowest BCUT2D eigenvalue weighted by Gasteiger charge is -2.10. The second kappa shape index (κ2) is 12.4. The molecular formula is C20H28O4. The van der Waals surface area contributed by atoms with Crippen LogP contribution in [0.1, 0.15) is 57.4 Å². The molecule has 0 aromatic heterocycles. The third kappa shape index (κ3) is 9.91. The number of aliphatic carboxylic acids is 1. The van der Waals surface area contributed by atoms with Crippen molar-refractivity contribution in [3.63, 3.8) is 0 Å². The van der Waals surface area contributed by atoms with Crippen LogP contribution >= 0.6 is 0 Å². The van der Waals surface area contributed by atoms with E-state index in [9.17, 15) is 9.90 Å². The van der Waals surface area contributed by atoms with Gasteiger partial charge in [0.25, 0.3) is 0 Å². The number of carboxylic acids is 1. The number of rotatable bonds is 11. The summed E-state index contributed by atoms with van der Waals surface area (Å²) in [6, 6.07) is 8.01. The van der Waals surface area contributed by atoms with Gasteiger partial charge in [-0.2, -0.15) is 0 Å². The number of ether oxygens (including phenoxy) is 1. The second-order valence-corrected chi connectivity index (χ2v) is 5.87. The van der Waals surface area contributed by atoms with E-state index in [1.165, 1.54) is 24.8 Å². The molecule has 132 valence electrons. The Labute approximate surface area is 144 Å². The van der Waals surface area contributed by atoms with Crippen molar-refractivity contribution in [1.82, 2.24) is 0 Å². The number of unbranched alkanes of at least 4 members (excludes halogenated alkanes) is 3. The summed E-state index contributed by atoms with van der Waals surface area (Å²) in [5.41, 5.74) is 1.31. The monoisotopic (exact) mass is 332 g/mol. The lowest BCUT2D eigenvalue weighted by molar-refractivity contribution is -0.137. The number of carboxylic acid groups (broad SMARTS) is 1. The standard InChI is InChI=1S/C20H28O4/c1-2-3-6-9-17-12-14-19(15-13-17)24-16-18(21)10-7-4-5-8-11-20(22)23/h12-15,18,21H,2-3,5-6,8-11,16H2,1H3,(H,22,23). The molecule has 4 heteroatoms. The highest BCUT2D eigenvalue weighted by molar-refractivity contribution is 5.66. The van der Waals surface area contributed by atoms with Crippen LogP contribution in [-0.4, -0.2) is 28.9 Å². The molecule has 0 spiro atoms. The molecule has 0 saturated carbocycles. The van der Waals surface area contributed by atoms with Gasteiger partial charge in [0.15, 0.2) is 0 Å². The molecule has 2 N–H and O–H groups in total. The highest BCUT2D eigenvalue weighted by Crippen LogP contribution is 2.14. The van der Waals surface area contributed by atoms with Gasteiger partial charge in [-0.1, -0.05) is 31.9 Å². The van der Waals surface area contributed by atoms with Crippen molar-refractivity contribution < 1.29 is 19.7 Å². The molecule has 1 aromatic rings. The Morgan fingerprint density at radius 3 is 2.58 bits per heavy atom. The molecular weight excluding hydrogens is 304 g/mol. The zero-order valence-corrected chi connectivity index (χ0v) is 14.5. The highest BCUT2D eigenvalue weighted by Gasteiger charge is 2.03. The van der Waals surface area contributed by atoms with E-state index < -0.39 is 12.1 Å². The van der Waals surface area contributed by atoms with Crippen molar-refractivity contribution in [3.8, 4) is 17.6 Å². The molecule has 1 rings (SSSR count). The van der Waals surface area contributed by atoms with Crippen LogP contribution in [0.25, 0.3) is 0 Å². The molecule has 0 aliphatic rings. The molecule has 1 aromatic carbocycles. The van der Waals surface area contributed by atoms with Gasteiger partial charge in [-0.25, -0.2) is 0 Å². The summed E-state index contributed by atoms with van der Waals surface area (Å²) >= 11 is 0. The second-order valence-electron chi connectivity index (χ2n) is 5.87. The molecule has 0 saturated heterocycles. The summed E-state index contributed by atoms with van der Waals surface area (Å²) in [4.78, 5) is 10.3. The van der Waals surface area contributed by atoms with Crippen LogP contribution in [0.5, 0.6) is 5.75 Å². The number of aliphatic hydroxyl groups is 1. The summed E-state index contributed by atoms with van der Waals surface area (Å²) in [5.74, 6) is 5.68. The molecule has 1 atom stereocenters. The number of hydrogen-bond acceptors (Lipinski definition) is 3. The average Bonchev–Trinajstić information content (AvgIpc) is 2.57. The molecule has 1 unspecified atom stereocenters. The highest BCUT2D eigenvalue weighted by atomic mass is 16.5. The SMILES string of the molecule is CCCCCc1ccc(OCC(O)CC#CCCCC(=O)O)cc1. The smallest absolute Gasteiger partial charge is 0.303 e. The van der Waals surface area contributed by atoms with Crippen molar-refractivity contribution in [2.75, 3.05) is 6.61 Å². The Morgan fingerprint density at radius 2 is 1.92 bits per heavy atom. The maximum atomic E-state index is 10.3. The maximum absolute atomic E-state index is 10.3. The van der Waals surface area contributed by atoms with Gasteiger partial charge in [-0.15, -0.1) is 11.8 Å². The lowest BCUT2D eigenvalue weighted by Crippen LogP contribution is -2.16. The number of aliphatic hydroxyl groups excluding tert-OH is 1. The average molecular weight is 332 g/mol.